The molecule has 8 heteroatoms. The quantitative estimate of drug-likeness (QED) is 0.687. The number of hydrogen-bond donors (Lipinski definition) is 3. The third-order valence-electron chi connectivity index (χ3n) is 4.78. The highest BCUT2D eigenvalue weighted by Crippen LogP contribution is 2.30. The normalized spacial score (nSPS) is 33.8. The summed E-state index contributed by atoms with van der Waals surface area (Å²) in [6, 6.07) is 0.181. The summed E-state index contributed by atoms with van der Waals surface area (Å²) in [6.07, 6.45) is -2.01. The monoisotopic (exact) mass is 342 g/mol. The summed E-state index contributed by atoms with van der Waals surface area (Å²) >= 11 is 0. The maximum Gasteiger partial charge on any atom is 0.238 e. The molecule has 1 aromatic rings. The van der Waals surface area contributed by atoms with Crippen LogP contribution in [0.25, 0.3) is 0 Å². The second-order valence-electron chi connectivity index (χ2n) is 6.41. The van der Waals surface area contributed by atoms with Crippen molar-refractivity contribution < 1.29 is 29.5 Å². The van der Waals surface area contributed by atoms with Crippen molar-refractivity contribution in [2.45, 2.75) is 63.8 Å². The second kappa shape index (κ2) is 7.37. The minimum absolute atomic E-state index is 0.172. The Kier molecular flexibility index (Phi) is 5.41. The van der Waals surface area contributed by atoms with Crippen molar-refractivity contribution in [1.29, 1.82) is 0 Å². The molecule has 3 heterocycles. The molecular formula is C16H26N2O6. The van der Waals surface area contributed by atoms with Gasteiger partial charge < -0.3 is 29.5 Å². The highest BCUT2D eigenvalue weighted by molar-refractivity contribution is 5.31. The lowest BCUT2D eigenvalue weighted by Gasteiger charge is -2.35. The van der Waals surface area contributed by atoms with Gasteiger partial charge in [0.1, 0.15) is 6.10 Å². The zero-order valence-electron chi connectivity index (χ0n) is 14.1. The summed E-state index contributed by atoms with van der Waals surface area (Å²) in [5.74, 6) is 0.400. The molecule has 24 heavy (non-hydrogen) atoms. The van der Waals surface area contributed by atoms with Gasteiger partial charge in [-0.3, -0.25) is 4.68 Å². The van der Waals surface area contributed by atoms with Gasteiger partial charge in [0.25, 0.3) is 0 Å². The van der Waals surface area contributed by atoms with Gasteiger partial charge in [-0.05, 0) is 19.8 Å². The zero-order valence-corrected chi connectivity index (χ0v) is 14.1. The molecule has 136 valence electrons. The molecule has 2 aliphatic heterocycles. The van der Waals surface area contributed by atoms with E-state index < -0.39 is 24.6 Å². The first-order valence-electron chi connectivity index (χ1n) is 8.50. The molecule has 3 rings (SSSR count). The topological polar surface area (TPSA) is 106 Å². The summed E-state index contributed by atoms with van der Waals surface area (Å²) in [5.41, 5.74) is 1.95. The Morgan fingerprint density at radius 3 is 2.79 bits per heavy atom. The number of hydrogen-bond acceptors (Lipinski definition) is 7. The third kappa shape index (κ3) is 3.29. The standard InChI is InChI=1S/C16H26N2O6/c1-3-12-9(2)18(10-4-5-22-8-10)17-15(12)24-16-14(21)13(20)6-11(7-19)23-16/h10-11,13-14,16,19-21H,3-8H2,1-2H3. The minimum Gasteiger partial charge on any atom is -0.443 e. The fraction of sp³-hybridized carbons (Fsp3) is 0.812. The molecule has 2 fully saturated rings. The van der Waals surface area contributed by atoms with Gasteiger partial charge in [-0.2, -0.15) is 0 Å². The van der Waals surface area contributed by atoms with Crippen molar-refractivity contribution in [3.8, 4) is 5.88 Å². The van der Waals surface area contributed by atoms with E-state index in [2.05, 4.69) is 5.10 Å². The van der Waals surface area contributed by atoms with Gasteiger partial charge >= 0.3 is 0 Å². The predicted molar refractivity (Wildman–Crippen MR) is 83.8 cm³/mol. The average molecular weight is 342 g/mol. The summed E-state index contributed by atoms with van der Waals surface area (Å²) in [5, 5.41) is 33.9. The van der Waals surface area contributed by atoms with Gasteiger partial charge in [-0.1, -0.05) is 6.92 Å². The molecule has 5 unspecified atom stereocenters. The first-order valence-corrected chi connectivity index (χ1v) is 8.50. The molecule has 0 radical (unpaired) electrons. The Balaban J connectivity index is 1.82. The smallest absolute Gasteiger partial charge is 0.238 e. The van der Waals surface area contributed by atoms with Crippen LogP contribution in [-0.2, 0) is 15.9 Å². The number of nitrogens with zero attached hydrogens (tertiary/aromatic N) is 2. The van der Waals surface area contributed by atoms with Crippen molar-refractivity contribution in [3.63, 3.8) is 0 Å². The van der Waals surface area contributed by atoms with Crippen LogP contribution >= 0.6 is 0 Å². The van der Waals surface area contributed by atoms with Gasteiger partial charge in [0.05, 0.1) is 31.5 Å². The Morgan fingerprint density at radius 2 is 2.17 bits per heavy atom. The van der Waals surface area contributed by atoms with Crippen LogP contribution in [0.3, 0.4) is 0 Å². The number of aliphatic hydroxyl groups excluding tert-OH is 3. The average Bonchev–Trinajstić information content (AvgIpc) is 3.19. The summed E-state index contributed by atoms with van der Waals surface area (Å²) in [6.45, 7) is 5.10. The third-order valence-corrected chi connectivity index (χ3v) is 4.78. The molecule has 1 aromatic heterocycles. The number of aliphatic hydroxyl groups is 3. The number of rotatable bonds is 5. The van der Waals surface area contributed by atoms with Crippen LogP contribution in [0.1, 0.15) is 37.1 Å². The Hall–Kier alpha value is -1.19. The van der Waals surface area contributed by atoms with Crippen molar-refractivity contribution in [2.24, 2.45) is 0 Å². The molecule has 0 spiro atoms. The lowest BCUT2D eigenvalue weighted by molar-refractivity contribution is -0.241. The van der Waals surface area contributed by atoms with Gasteiger partial charge in [-0.15, -0.1) is 5.10 Å². The highest BCUT2D eigenvalue weighted by atomic mass is 16.7. The molecule has 0 bridgehead atoms. The molecule has 3 N–H and O–H groups in total. The largest absolute Gasteiger partial charge is 0.443 e. The minimum atomic E-state index is -1.18. The fourth-order valence-corrected chi connectivity index (χ4v) is 3.34. The SMILES string of the molecule is CCc1c(OC2OC(CO)CC(O)C2O)nn(C2CCOC2)c1C. The first kappa shape index (κ1) is 17.6. The van der Waals surface area contributed by atoms with E-state index in [9.17, 15) is 15.3 Å². The van der Waals surface area contributed by atoms with Crippen LogP contribution in [0.4, 0.5) is 0 Å². The molecule has 0 amide bonds. The Bertz CT molecular complexity index is 557. The van der Waals surface area contributed by atoms with Crippen LogP contribution < -0.4 is 4.74 Å². The molecule has 0 saturated carbocycles. The van der Waals surface area contributed by atoms with E-state index in [1.54, 1.807) is 0 Å². The van der Waals surface area contributed by atoms with Crippen molar-refractivity contribution in [2.75, 3.05) is 19.8 Å². The number of aromatic nitrogens is 2. The maximum atomic E-state index is 10.1. The molecule has 0 aliphatic carbocycles. The van der Waals surface area contributed by atoms with Crippen LogP contribution in [0.2, 0.25) is 0 Å². The van der Waals surface area contributed by atoms with Crippen LogP contribution in [0.15, 0.2) is 0 Å². The van der Waals surface area contributed by atoms with E-state index in [-0.39, 0.29) is 19.1 Å². The molecule has 2 saturated heterocycles. The Morgan fingerprint density at radius 1 is 1.38 bits per heavy atom. The highest BCUT2D eigenvalue weighted by Gasteiger charge is 2.39. The molecular weight excluding hydrogens is 316 g/mol. The van der Waals surface area contributed by atoms with Gasteiger partial charge in [-0.25, -0.2) is 0 Å². The van der Waals surface area contributed by atoms with E-state index in [0.717, 1.165) is 30.7 Å². The van der Waals surface area contributed by atoms with E-state index in [0.29, 0.717) is 12.5 Å². The zero-order chi connectivity index (χ0) is 17.3. The molecule has 8 nitrogen and oxygen atoms in total. The van der Waals surface area contributed by atoms with Crippen LogP contribution in [-0.4, -0.2) is 69.5 Å². The Labute approximate surface area is 140 Å². The van der Waals surface area contributed by atoms with E-state index in [1.165, 1.54) is 0 Å². The van der Waals surface area contributed by atoms with Crippen molar-refractivity contribution in [3.05, 3.63) is 11.3 Å². The van der Waals surface area contributed by atoms with E-state index in [1.807, 2.05) is 18.5 Å². The lowest BCUT2D eigenvalue weighted by Crippen LogP contribution is -2.51. The molecule has 2 aliphatic rings. The molecule has 5 atom stereocenters. The molecule has 0 aromatic carbocycles. The van der Waals surface area contributed by atoms with Crippen molar-refractivity contribution >= 4 is 0 Å². The first-order chi connectivity index (χ1) is 11.5. The van der Waals surface area contributed by atoms with E-state index >= 15 is 0 Å². The second-order valence-corrected chi connectivity index (χ2v) is 6.41. The van der Waals surface area contributed by atoms with Crippen LogP contribution in [0.5, 0.6) is 5.88 Å². The maximum absolute atomic E-state index is 10.1. The van der Waals surface area contributed by atoms with Crippen LogP contribution in [0, 0.1) is 6.92 Å². The van der Waals surface area contributed by atoms with E-state index in [4.69, 9.17) is 14.2 Å². The van der Waals surface area contributed by atoms with Gasteiger partial charge in [0.2, 0.25) is 12.2 Å². The summed E-state index contributed by atoms with van der Waals surface area (Å²) in [7, 11) is 0. The summed E-state index contributed by atoms with van der Waals surface area (Å²) in [4.78, 5) is 0. The summed E-state index contributed by atoms with van der Waals surface area (Å²) < 4.78 is 18.7. The van der Waals surface area contributed by atoms with Gasteiger partial charge in [0, 0.05) is 24.3 Å². The number of ether oxygens (including phenoxy) is 3. The van der Waals surface area contributed by atoms with Gasteiger partial charge in [0.15, 0.2) is 0 Å². The van der Waals surface area contributed by atoms with Crippen molar-refractivity contribution in [1.82, 2.24) is 9.78 Å². The predicted octanol–water partition coefficient (Wildman–Crippen LogP) is -0.0768. The lowest BCUT2D eigenvalue weighted by atomic mass is 10.0. The fourth-order valence-electron chi connectivity index (χ4n) is 3.34.